The van der Waals surface area contributed by atoms with Crippen molar-refractivity contribution in [2.75, 3.05) is 19.5 Å². The number of methoxy groups -OCH3 is 1. The summed E-state index contributed by atoms with van der Waals surface area (Å²) in [6.45, 7) is 2.34. The molecule has 0 radical (unpaired) electrons. The molecule has 1 aromatic carbocycles. The minimum Gasteiger partial charge on any atom is -0.492 e. The van der Waals surface area contributed by atoms with Crippen LogP contribution in [0.3, 0.4) is 0 Å². The first-order chi connectivity index (χ1) is 7.11. The van der Waals surface area contributed by atoms with Crippen LogP contribution < -0.4 is 10.5 Å². The van der Waals surface area contributed by atoms with Crippen molar-refractivity contribution in [1.29, 1.82) is 0 Å². The number of anilines is 1. The Morgan fingerprint density at radius 2 is 2.20 bits per heavy atom. The lowest BCUT2D eigenvalue weighted by Gasteiger charge is -2.11. The number of nitrogens with two attached hydrogens (primary N) is 1. The zero-order valence-electron chi connectivity index (χ0n) is 8.54. The molecule has 0 aliphatic carbocycles. The Morgan fingerprint density at radius 1 is 1.53 bits per heavy atom. The molecule has 0 atom stereocenters. The zero-order valence-corrected chi connectivity index (χ0v) is 10.1. The quantitative estimate of drug-likeness (QED) is 0.678. The molecule has 0 aliphatic heterocycles. The van der Waals surface area contributed by atoms with Gasteiger partial charge in [0.2, 0.25) is 0 Å². The molecule has 1 rings (SSSR count). The summed E-state index contributed by atoms with van der Waals surface area (Å²) in [5.74, 6) is 0.00188. The summed E-state index contributed by atoms with van der Waals surface area (Å²) in [5, 5.41) is 0. The van der Waals surface area contributed by atoms with Gasteiger partial charge in [0, 0.05) is 4.47 Å². The standard InChI is InChI=1S/C10H12BrNO3/c1-3-15-7-5-4-6(11)8(9(7)12)10(13)14-2/h4-5H,3,12H2,1-2H3. The fourth-order valence-corrected chi connectivity index (χ4v) is 1.67. The lowest BCUT2D eigenvalue weighted by atomic mass is 10.1. The van der Waals surface area contributed by atoms with Gasteiger partial charge >= 0.3 is 5.97 Å². The van der Waals surface area contributed by atoms with Crippen LogP contribution in [0.15, 0.2) is 16.6 Å². The average Bonchev–Trinajstić information content (AvgIpc) is 2.22. The zero-order chi connectivity index (χ0) is 11.4. The second-order valence-electron chi connectivity index (χ2n) is 2.76. The SMILES string of the molecule is CCOc1ccc(Br)c(C(=O)OC)c1N. The number of rotatable bonds is 3. The predicted molar refractivity (Wildman–Crippen MR) is 61.1 cm³/mol. The van der Waals surface area contributed by atoms with Crippen LogP contribution in [0.2, 0.25) is 0 Å². The molecular formula is C10H12BrNO3. The van der Waals surface area contributed by atoms with Crippen LogP contribution in [0.4, 0.5) is 5.69 Å². The summed E-state index contributed by atoms with van der Waals surface area (Å²) in [7, 11) is 1.31. The Hall–Kier alpha value is -1.23. The largest absolute Gasteiger partial charge is 0.492 e. The van der Waals surface area contributed by atoms with Crippen LogP contribution in [0, 0.1) is 0 Å². The van der Waals surface area contributed by atoms with Crippen LogP contribution in [0.1, 0.15) is 17.3 Å². The normalized spacial score (nSPS) is 9.80. The highest BCUT2D eigenvalue weighted by Crippen LogP contribution is 2.31. The summed E-state index contributed by atoms with van der Waals surface area (Å²) >= 11 is 3.24. The van der Waals surface area contributed by atoms with Crippen molar-refractivity contribution in [2.45, 2.75) is 6.92 Å². The minimum absolute atomic E-state index is 0.290. The van der Waals surface area contributed by atoms with Gasteiger partial charge in [-0.25, -0.2) is 4.79 Å². The molecule has 82 valence electrons. The van der Waals surface area contributed by atoms with Crippen LogP contribution in [-0.4, -0.2) is 19.7 Å². The average molecular weight is 274 g/mol. The first-order valence-corrected chi connectivity index (χ1v) is 5.20. The van der Waals surface area contributed by atoms with Crippen LogP contribution >= 0.6 is 15.9 Å². The molecule has 0 bridgehead atoms. The molecule has 2 N–H and O–H groups in total. The van der Waals surface area contributed by atoms with Gasteiger partial charge in [-0.2, -0.15) is 0 Å². The van der Waals surface area contributed by atoms with Crippen molar-refractivity contribution < 1.29 is 14.3 Å². The Kier molecular flexibility index (Phi) is 3.96. The maximum atomic E-state index is 11.4. The Morgan fingerprint density at radius 3 is 2.73 bits per heavy atom. The van der Waals surface area contributed by atoms with Gasteiger partial charge in [0.05, 0.1) is 19.4 Å². The Labute approximate surface area is 96.5 Å². The fourth-order valence-electron chi connectivity index (χ4n) is 1.16. The summed E-state index contributed by atoms with van der Waals surface area (Å²) in [6.07, 6.45) is 0. The molecule has 5 heteroatoms. The van der Waals surface area contributed by atoms with Gasteiger partial charge in [-0.3, -0.25) is 0 Å². The van der Waals surface area contributed by atoms with Gasteiger partial charge in [-0.15, -0.1) is 0 Å². The van der Waals surface area contributed by atoms with E-state index in [0.29, 0.717) is 22.4 Å². The summed E-state index contributed by atoms with van der Waals surface area (Å²) in [5.41, 5.74) is 6.38. The third-order valence-electron chi connectivity index (χ3n) is 1.84. The maximum absolute atomic E-state index is 11.4. The highest BCUT2D eigenvalue weighted by Gasteiger charge is 2.17. The molecule has 0 aliphatic rings. The van der Waals surface area contributed by atoms with Crippen molar-refractivity contribution in [3.05, 3.63) is 22.2 Å². The molecule has 0 saturated heterocycles. The van der Waals surface area contributed by atoms with Gasteiger partial charge in [-0.1, -0.05) is 0 Å². The Balaban J connectivity index is 3.23. The van der Waals surface area contributed by atoms with Gasteiger partial charge < -0.3 is 15.2 Å². The molecule has 1 aromatic rings. The van der Waals surface area contributed by atoms with Crippen molar-refractivity contribution in [2.24, 2.45) is 0 Å². The number of hydrogen-bond donors (Lipinski definition) is 1. The van der Waals surface area contributed by atoms with E-state index >= 15 is 0 Å². The summed E-state index contributed by atoms with van der Waals surface area (Å²) < 4.78 is 10.5. The molecule has 15 heavy (non-hydrogen) atoms. The van der Waals surface area contributed by atoms with Crippen LogP contribution in [0.25, 0.3) is 0 Å². The minimum atomic E-state index is -0.485. The number of carbonyl (C=O) groups excluding carboxylic acids is 1. The number of hydrogen-bond acceptors (Lipinski definition) is 4. The van der Waals surface area contributed by atoms with Crippen molar-refractivity contribution in [3.63, 3.8) is 0 Å². The second kappa shape index (κ2) is 5.02. The van der Waals surface area contributed by atoms with E-state index in [1.807, 2.05) is 6.92 Å². The molecule has 0 saturated carbocycles. The first-order valence-electron chi connectivity index (χ1n) is 4.40. The van der Waals surface area contributed by atoms with Crippen LogP contribution in [-0.2, 0) is 4.74 Å². The molecule has 0 aromatic heterocycles. The molecule has 0 unspecified atom stereocenters. The topological polar surface area (TPSA) is 61.5 Å². The monoisotopic (exact) mass is 273 g/mol. The van der Waals surface area contributed by atoms with Crippen molar-refractivity contribution in [1.82, 2.24) is 0 Å². The summed E-state index contributed by atoms with van der Waals surface area (Å²) in [6, 6.07) is 3.41. The number of benzene rings is 1. The van der Waals surface area contributed by atoms with E-state index < -0.39 is 5.97 Å². The van der Waals surface area contributed by atoms with E-state index in [0.717, 1.165) is 0 Å². The Bertz CT molecular complexity index is 379. The van der Waals surface area contributed by atoms with Crippen molar-refractivity contribution in [3.8, 4) is 5.75 Å². The van der Waals surface area contributed by atoms with E-state index in [2.05, 4.69) is 20.7 Å². The van der Waals surface area contributed by atoms with Crippen molar-refractivity contribution >= 4 is 27.6 Å². The van der Waals surface area contributed by atoms with Crippen LogP contribution in [0.5, 0.6) is 5.75 Å². The third kappa shape index (κ3) is 2.41. The van der Waals surface area contributed by atoms with E-state index in [1.54, 1.807) is 12.1 Å². The molecular weight excluding hydrogens is 262 g/mol. The number of ether oxygens (including phenoxy) is 2. The van der Waals surface area contributed by atoms with E-state index in [1.165, 1.54) is 7.11 Å². The predicted octanol–water partition coefficient (Wildman–Crippen LogP) is 2.22. The lowest BCUT2D eigenvalue weighted by Crippen LogP contribution is -2.08. The number of halogens is 1. The number of carbonyl (C=O) groups is 1. The lowest BCUT2D eigenvalue weighted by molar-refractivity contribution is 0.0600. The molecule has 0 heterocycles. The smallest absolute Gasteiger partial charge is 0.341 e. The van der Waals surface area contributed by atoms with Gasteiger partial charge in [0.1, 0.15) is 11.3 Å². The number of nitrogen functional groups attached to an aromatic ring is 1. The second-order valence-corrected chi connectivity index (χ2v) is 3.61. The van der Waals surface area contributed by atoms with E-state index in [9.17, 15) is 4.79 Å². The third-order valence-corrected chi connectivity index (χ3v) is 2.50. The van der Waals surface area contributed by atoms with E-state index in [4.69, 9.17) is 10.5 Å². The summed E-state index contributed by atoms with van der Waals surface area (Å²) in [4.78, 5) is 11.4. The number of esters is 1. The van der Waals surface area contributed by atoms with Gasteiger partial charge in [0.15, 0.2) is 0 Å². The maximum Gasteiger partial charge on any atom is 0.341 e. The van der Waals surface area contributed by atoms with Gasteiger partial charge in [-0.05, 0) is 35.0 Å². The molecule has 0 spiro atoms. The first kappa shape index (κ1) is 11.8. The fraction of sp³-hybridized carbons (Fsp3) is 0.300. The molecule has 0 fully saturated rings. The molecule has 0 amide bonds. The highest BCUT2D eigenvalue weighted by molar-refractivity contribution is 9.10. The highest BCUT2D eigenvalue weighted by atomic mass is 79.9. The van der Waals surface area contributed by atoms with Gasteiger partial charge in [0.25, 0.3) is 0 Å². The molecule has 4 nitrogen and oxygen atoms in total. The van der Waals surface area contributed by atoms with E-state index in [-0.39, 0.29) is 5.69 Å².